The minimum absolute atomic E-state index is 0.516. The molecule has 0 saturated heterocycles. The average molecular weight is 190 g/mol. The standard InChI is InChI=1S/C11H10O3/c1-13-11(12)14-10-6-5-8-3-2-4-9(8)7-10/h2,4-7H,3H2,1H3. The van der Waals surface area contributed by atoms with Crippen LogP contribution in [0.1, 0.15) is 11.1 Å². The maximum atomic E-state index is 10.8. The molecule has 0 fully saturated rings. The van der Waals surface area contributed by atoms with Crippen LogP contribution in [-0.2, 0) is 11.2 Å². The van der Waals surface area contributed by atoms with E-state index in [-0.39, 0.29) is 0 Å². The molecule has 0 heterocycles. The van der Waals surface area contributed by atoms with Crippen LogP contribution in [0.2, 0.25) is 0 Å². The first-order chi connectivity index (χ1) is 6.79. The predicted octanol–water partition coefficient (Wildman–Crippen LogP) is 2.40. The molecule has 1 aromatic rings. The zero-order chi connectivity index (χ0) is 9.97. The van der Waals surface area contributed by atoms with Gasteiger partial charge in [0, 0.05) is 0 Å². The van der Waals surface area contributed by atoms with Gasteiger partial charge in [-0.25, -0.2) is 4.79 Å². The fourth-order valence-electron chi connectivity index (χ4n) is 1.43. The van der Waals surface area contributed by atoms with Crippen LogP contribution >= 0.6 is 0 Å². The van der Waals surface area contributed by atoms with E-state index in [2.05, 4.69) is 10.8 Å². The number of hydrogen-bond donors (Lipinski definition) is 0. The van der Waals surface area contributed by atoms with Crippen LogP contribution in [0.4, 0.5) is 4.79 Å². The summed E-state index contributed by atoms with van der Waals surface area (Å²) in [7, 11) is 1.29. The SMILES string of the molecule is COC(=O)Oc1ccc2c(c1)C=CC2. The fourth-order valence-corrected chi connectivity index (χ4v) is 1.43. The molecule has 0 aromatic heterocycles. The van der Waals surface area contributed by atoms with Crippen LogP contribution in [0.25, 0.3) is 6.08 Å². The van der Waals surface area contributed by atoms with E-state index in [1.165, 1.54) is 12.7 Å². The Morgan fingerprint density at radius 2 is 2.29 bits per heavy atom. The first kappa shape index (κ1) is 8.81. The van der Waals surface area contributed by atoms with E-state index in [1.54, 1.807) is 6.07 Å². The number of carbonyl (C=O) groups is 1. The minimum atomic E-state index is -0.688. The summed E-state index contributed by atoms with van der Waals surface area (Å²) < 4.78 is 9.29. The first-order valence-electron chi connectivity index (χ1n) is 4.35. The topological polar surface area (TPSA) is 35.5 Å². The van der Waals surface area contributed by atoms with Gasteiger partial charge < -0.3 is 9.47 Å². The molecule has 0 saturated carbocycles. The Hall–Kier alpha value is -1.77. The monoisotopic (exact) mass is 190 g/mol. The molecule has 14 heavy (non-hydrogen) atoms. The van der Waals surface area contributed by atoms with E-state index in [1.807, 2.05) is 18.2 Å². The second kappa shape index (κ2) is 3.54. The lowest BCUT2D eigenvalue weighted by molar-refractivity contribution is 0.121. The van der Waals surface area contributed by atoms with Crippen LogP contribution in [0.5, 0.6) is 5.75 Å². The van der Waals surface area contributed by atoms with Gasteiger partial charge in [0.05, 0.1) is 7.11 Å². The second-order valence-corrected chi connectivity index (χ2v) is 3.02. The Bertz CT molecular complexity index is 394. The average Bonchev–Trinajstić information content (AvgIpc) is 2.64. The largest absolute Gasteiger partial charge is 0.513 e. The Kier molecular flexibility index (Phi) is 2.23. The molecule has 3 heteroatoms. The van der Waals surface area contributed by atoms with Crippen molar-refractivity contribution in [2.75, 3.05) is 7.11 Å². The molecule has 72 valence electrons. The van der Waals surface area contributed by atoms with Crippen molar-refractivity contribution in [2.45, 2.75) is 6.42 Å². The molecular formula is C11H10O3. The van der Waals surface area contributed by atoms with Gasteiger partial charge >= 0.3 is 6.16 Å². The van der Waals surface area contributed by atoms with E-state index in [0.717, 1.165) is 12.0 Å². The number of allylic oxidation sites excluding steroid dienone is 1. The van der Waals surface area contributed by atoms with Crippen molar-refractivity contribution in [1.29, 1.82) is 0 Å². The maximum Gasteiger partial charge on any atom is 0.513 e. The van der Waals surface area contributed by atoms with E-state index >= 15 is 0 Å². The van der Waals surface area contributed by atoms with Gasteiger partial charge in [-0.2, -0.15) is 0 Å². The Morgan fingerprint density at radius 1 is 1.43 bits per heavy atom. The number of methoxy groups -OCH3 is 1. The highest BCUT2D eigenvalue weighted by Crippen LogP contribution is 2.24. The zero-order valence-electron chi connectivity index (χ0n) is 7.82. The molecule has 1 aromatic carbocycles. The molecule has 1 aliphatic rings. The van der Waals surface area contributed by atoms with Crippen molar-refractivity contribution >= 4 is 12.2 Å². The maximum absolute atomic E-state index is 10.8. The summed E-state index contributed by atoms with van der Waals surface area (Å²) >= 11 is 0. The number of benzene rings is 1. The summed E-state index contributed by atoms with van der Waals surface area (Å²) in [5, 5.41) is 0. The van der Waals surface area contributed by atoms with Gasteiger partial charge in [-0.15, -0.1) is 0 Å². The molecule has 0 unspecified atom stereocenters. The lowest BCUT2D eigenvalue weighted by atomic mass is 10.1. The van der Waals surface area contributed by atoms with Crippen LogP contribution in [0, 0.1) is 0 Å². The Morgan fingerprint density at radius 3 is 3.07 bits per heavy atom. The van der Waals surface area contributed by atoms with Crippen LogP contribution in [0.3, 0.4) is 0 Å². The van der Waals surface area contributed by atoms with Crippen molar-refractivity contribution in [1.82, 2.24) is 0 Å². The van der Waals surface area contributed by atoms with E-state index in [4.69, 9.17) is 4.74 Å². The summed E-state index contributed by atoms with van der Waals surface area (Å²) in [4.78, 5) is 10.8. The lowest BCUT2D eigenvalue weighted by Gasteiger charge is -2.04. The molecular weight excluding hydrogens is 180 g/mol. The predicted molar refractivity (Wildman–Crippen MR) is 52.2 cm³/mol. The van der Waals surface area contributed by atoms with Gasteiger partial charge in [0.1, 0.15) is 5.75 Å². The number of carbonyl (C=O) groups excluding carboxylic acids is 1. The molecule has 1 aliphatic carbocycles. The molecule has 0 bridgehead atoms. The van der Waals surface area contributed by atoms with E-state index < -0.39 is 6.16 Å². The third kappa shape index (κ3) is 1.62. The molecule has 0 N–H and O–H groups in total. The van der Waals surface area contributed by atoms with Crippen molar-refractivity contribution in [3.63, 3.8) is 0 Å². The Labute approximate surface area is 81.9 Å². The third-order valence-electron chi connectivity index (χ3n) is 2.12. The number of rotatable bonds is 1. The van der Waals surface area contributed by atoms with Gasteiger partial charge in [-0.05, 0) is 29.7 Å². The summed E-state index contributed by atoms with van der Waals surface area (Å²) in [5.41, 5.74) is 2.36. The van der Waals surface area contributed by atoms with E-state index in [9.17, 15) is 4.79 Å². The molecule has 2 rings (SSSR count). The number of ether oxygens (including phenoxy) is 2. The van der Waals surface area contributed by atoms with Crippen LogP contribution in [-0.4, -0.2) is 13.3 Å². The number of hydrogen-bond acceptors (Lipinski definition) is 3. The van der Waals surface area contributed by atoms with Crippen molar-refractivity contribution < 1.29 is 14.3 Å². The van der Waals surface area contributed by atoms with Gasteiger partial charge in [-0.3, -0.25) is 0 Å². The van der Waals surface area contributed by atoms with Gasteiger partial charge in [-0.1, -0.05) is 18.2 Å². The summed E-state index contributed by atoms with van der Waals surface area (Å²) in [6, 6.07) is 5.55. The lowest BCUT2D eigenvalue weighted by Crippen LogP contribution is -2.07. The highest BCUT2D eigenvalue weighted by Gasteiger charge is 2.08. The minimum Gasteiger partial charge on any atom is -0.437 e. The molecule has 0 radical (unpaired) electrons. The summed E-state index contributed by atoms with van der Waals surface area (Å²) in [6.07, 6.45) is 4.35. The quantitative estimate of drug-likeness (QED) is 0.504. The molecule has 0 spiro atoms. The van der Waals surface area contributed by atoms with Gasteiger partial charge in [0.25, 0.3) is 0 Å². The van der Waals surface area contributed by atoms with Crippen molar-refractivity contribution in [3.8, 4) is 5.75 Å². The Balaban J connectivity index is 2.20. The number of fused-ring (bicyclic) bond motifs is 1. The van der Waals surface area contributed by atoms with Gasteiger partial charge in [0.15, 0.2) is 0 Å². The fraction of sp³-hybridized carbons (Fsp3) is 0.182. The third-order valence-corrected chi connectivity index (χ3v) is 2.12. The highest BCUT2D eigenvalue weighted by molar-refractivity contribution is 5.66. The molecule has 3 nitrogen and oxygen atoms in total. The molecule has 0 aliphatic heterocycles. The normalized spacial score (nSPS) is 12.4. The van der Waals surface area contributed by atoms with E-state index in [0.29, 0.717) is 5.75 Å². The second-order valence-electron chi connectivity index (χ2n) is 3.02. The van der Waals surface area contributed by atoms with Crippen LogP contribution in [0.15, 0.2) is 24.3 Å². The smallest absolute Gasteiger partial charge is 0.437 e. The first-order valence-corrected chi connectivity index (χ1v) is 4.35. The van der Waals surface area contributed by atoms with Crippen LogP contribution < -0.4 is 4.74 Å². The molecule has 0 amide bonds. The zero-order valence-corrected chi connectivity index (χ0v) is 7.82. The molecule has 0 atom stereocenters. The van der Waals surface area contributed by atoms with Crippen molar-refractivity contribution in [2.24, 2.45) is 0 Å². The van der Waals surface area contributed by atoms with Gasteiger partial charge in [0.2, 0.25) is 0 Å². The van der Waals surface area contributed by atoms with Crippen molar-refractivity contribution in [3.05, 3.63) is 35.4 Å². The summed E-state index contributed by atoms with van der Waals surface area (Å²) in [6.45, 7) is 0. The summed E-state index contributed by atoms with van der Waals surface area (Å²) in [5.74, 6) is 0.516. The highest BCUT2D eigenvalue weighted by atomic mass is 16.7.